The number of benzene rings is 3. The fraction of sp³-hybridized carbons (Fsp3) is 0. The van der Waals surface area contributed by atoms with Gasteiger partial charge in [-0.3, -0.25) is 10.1 Å². The van der Waals surface area contributed by atoms with Crippen LogP contribution in [0.3, 0.4) is 0 Å². The molecule has 25 heavy (non-hydrogen) atoms. The van der Waals surface area contributed by atoms with Crippen molar-refractivity contribution in [1.29, 1.82) is 0 Å². The molecule has 7 heteroatoms. The summed E-state index contributed by atoms with van der Waals surface area (Å²) < 4.78 is 25.2. The SMILES string of the molecule is O=[N+]([O-])c1ccc(-c2ccc(S(=O)(=O)c3ccc(Cl)cc3)cc2)cc1. The average molecular weight is 374 g/mol. The lowest BCUT2D eigenvalue weighted by Crippen LogP contribution is -2.01. The Morgan fingerprint density at radius 2 is 1.12 bits per heavy atom. The van der Waals surface area contributed by atoms with Crippen LogP contribution in [-0.2, 0) is 9.84 Å². The Bertz CT molecular complexity index is 1010. The first-order valence-corrected chi connectivity index (χ1v) is 9.09. The van der Waals surface area contributed by atoms with Gasteiger partial charge in [-0.1, -0.05) is 23.7 Å². The van der Waals surface area contributed by atoms with Crippen LogP contribution in [0.1, 0.15) is 0 Å². The Morgan fingerprint density at radius 1 is 0.720 bits per heavy atom. The lowest BCUT2D eigenvalue weighted by Gasteiger charge is -2.07. The van der Waals surface area contributed by atoms with Crippen molar-refractivity contribution in [2.75, 3.05) is 0 Å². The van der Waals surface area contributed by atoms with Crippen LogP contribution in [-0.4, -0.2) is 13.3 Å². The lowest BCUT2D eigenvalue weighted by atomic mass is 10.1. The maximum atomic E-state index is 12.6. The first kappa shape index (κ1) is 17.1. The minimum atomic E-state index is -3.62. The summed E-state index contributed by atoms with van der Waals surface area (Å²) in [6.45, 7) is 0. The van der Waals surface area contributed by atoms with Crippen LogP contribution < -0.4 is 0 Å². The molecule has 0 radical (unpaired) electrons. The molecule has 3 aromatic carbocycles. The zero-order valence-corrected chi connectivity index (χ0v) is 14.4. The summed E-state index contributed by atoms with van der Waals surface area (Å²) >= 11 is 5.79. The molecule has 126 valence electrons. The molecule has 0 unspecified atom stereocenters. The molecule has 0 saturated heterocycles. The smallest absolute Gasteiger partial charge is 0.258 e. The first-order valence-electron chi connectivity index (χ1n) is 7.23. The van der Waals surface area contributed by atoms with Crippen molar-refractivity contribution < 1.29 is 13.3 Å². The zero-order chi connectivity index (χ0) is 18.0. The van der Waals surface area contributed by atoms with Gasteiger partial charge in [0.05, 0.1) is 14.7 Å². The fourth-order valence-corrected chi connectivity index (χ4v) is 3.74. The van der Waals surface area contributed by atoms with Crippen molar-refractivity contribution in [1.82, 2.24) is 0 Å². The van der Waals surface area contributed by atoms with E-state index >= 15 is 0 Å². The minimum absolute atomic E-state index is 0.00527. The maximum absolute atomic E-state index is 12.6. The van der Waals surface area contributed by atoms with Crippen LogP contribution in [0.5, 0.6) is 0 Å². The number of nitro benzene ring substituents is 1. The number of rotatable bonds is 4. The summed E-state index contributed by atoms with van der Waals surface area (Å²) in [5.74, 6) is 0. The van der Waals surface area contributed by atoms with E-state index in [4.69, 9.17) is 11.6 Å². The Morgan fingerprint density at radius 3 is 1.56 bits per heavy atom. The van der Waals surface area contributed by atoms with E-state index < -0.39 is 14.8 Å². The molecule has 3 aromatic rings. The largest absolute Gasteiger partial charge is 0.269 e. The Kier molecular flexibility index (Phi) is 4.57. The molecule has 3 rings (SSSR count). The molecular formula is C18H12ClNO4S. The fourth-order valence-electron chi connectivity index (χ4n) is 2.35. The van der Waals surface area contributed by atoms with Crippen molar-refractivity contribution >= 4 is 27.1 Å². The van der Waals surface area contributed by atoms with Crippen LogP contribution in [0, 0.1) is 10.1 Å². The van der Waals surface area contributed by atoms with E-state index in [0.29, 0.717) is 5.02 Å². The van der Waals surface area contributed by atoms with Crippen LogP contribution in [0.15, 0.2) is 82.6 Å². The van der Waals surface area contributed by atoms with E-state index in [9.17, 15) is 18.5 Å². The van der Waals surface area contributed by atoms with Gasteiger partial charge in [-0.15, -0.1) is 0 Å². The summed E-state index contributed by atoms with van der Waals surface area (Å²) in [6, 6.07) is 18.4. The van der Waals surface area contributed by atoms with Crippen molar-refractivity contribution in [2.24, 2.45) is 0 Å². The van der Waals surface area contributed by atoms with Gasteiger partial charge in [0, 0.05) is 17.2 Å². The summed E-state index contributed by atoms with van der Waals surface area (Å²) in [6.07, 6.45) is 0. The summed E-state index contributed by atoms with van der Waals surface area (Å²) in [4.78, 5) is 10.6. The molecule has 0 aliphatic rings. The molecule has 0 aromatic heterocycles. The number of nitrogens with zero attached hydrogens (tertiary/aromatic N) is 1. The van der Waals surface area contributed by atoms with Gasteiger partial charge in [0.2, 0.25) is 9.84 Å². The molecule has 5 nitrogen and oxygen atoms in total. The van der Waals surface area contributed by atoms with Gasteiger partial charge < -0.3 is 0 Å². The van der Waals surface area contributed by atoms with E-state index in [-0.39, 0.29) is 15.5 Å². The lowest BCUT2D eigenvalue weighted by molar-refractivity contribution is -0.384. The molecular weight excluding hydrogens is 362 g/mol. The predicted molar refractivity (Wildman–Crippen MR) is 95.4 cm³/mol. The van der Waals surface area contributed by atoms with Crippen LogP contribution in [0.4, 0.5) is 5.69 Å². The Labute approximate surface area is 149 Å². The highest BCUT2D eigenvalue weighted by Crippen LogP contribution is 2.27. The molecule has 0 bridgehead atoms. The van der Waals surface area contributed by atoms with Gasteiger partial charge >= 0.3 is 0 Å². The number of nitro groups is 1. The van der Waals surface area contributed by atoms with E-state index in [2.05, 4.69) is 0 Å². The highest BCUT2D eigenvalue weighted by molar-refractivity contribution is 7.91. The Balaban J connectivity index is 1.91. The number of non-ortho nitro benzene ring substituents is 1. The second-order valence-electron chi connectivity index (χ2n) is 5.29. The third kappa shape index (κ3) is 3.55. The molecule has 0 aliphatic carbocycles. The van der Waals surface area contributed by atoms with E-state index in [1.807, 2.05) is 0 Å². The zero-order valence-electron chi connectivity index (χ0n) is 12.8. The monoisotopic (exact) mass is 373 g/mol. The molecule has 0 fully saturated rings. The quantitative estimate of drug-likeness (QED) is 0.488. The van der Waals surface area contributed by atoms with Crippen molar-refractivity contribution in [3.63, 3.8) is 0 Å². The second-order valence-corrected chi connectivity index (χ2v) is 7.67. The third-order valence-corrected chi connectivity index (χ3v) is 5.74. The van der Waals surface area contributed by atoms with E-state index in [1.54, 1.807) is 24.3 Å². The van der Waals surface area contributed by atoms with Crippen molar-refractivity contribution in [3.8, 4) is 11.1 Å². The summed E-state index contributed by atoms with van der Waals surface area (Å²) in [5, 5.41) is 11.2. The topological polar surface area (TPSA) is 77.3 Å². The number of halogens is 1. The summed E-state index contributed by atoms with van der Waals surface area (Å²) in [7, 11) is -3.62. The predicted octanol–water partition coefficient (Wildman–Crippen LogP) is 4.75. The van der Waals surface area contributed by atoms with E-state index in [1.165, 1.54) is 48.5 Å². The second kappa shape index (κ2) is 6.66. The van der Waals surface area contributed by atoms with Gasteiger partial charge in [0.1, 0.15) is 0 Å². The van der Waals surface area contributed by atoms with E-state index in [0.717, 1.165) is 11.1 Å². The van der Waals surface area contributed by atoms with Gasteiger partial charge in [0.25, 0.3) is 5.69 Å². The molecule has 0 heterocycles. The molecule has 0 saturated carbocycles. The molecule has 0 aliphatic heterocycles. The number of sulfone groups is 1. The number of hydrogen-bond acceptors (Lipinski definition) is 4. The molecule has 0 atom stereocenters. The van der Waals surface area contributed by atoms with Crippen LogP contribution in [0.2, 0.25) is 5.02 Å². The van der Waals surface area contributed by atoms with Crippen LogP contribution >= 0.6 is 11.6 Å². The van der Waals surface area contributed by atoms with Gasteiger partial charge in [-0.25, -0.2) is 8.42 Å². The Hall–Kier alpha value is -2.70. The minimum Gasteiger partial charge on any atom is -0.258 e. The van der Waals surface area contributed by atoms with Gasteiger partial charge in [-0.05, 0) is 59.7 Å². The maximum Gasteiger partial charge on any atom is 0.269 e. The number of hydrogen-bond donors (Lipinski definition) is 0. The molecule has 0 N–H and O–H groups in total. The third-order valence-electron chi connectivity index (χ3n) is 3.70. The van der Waals surface area contributed by atoms with Crippen molar-refractivity contribution in [3.05, 3.63) is 87.9 Å². The normalized spacial score (nSPS) is 11.2. The standard InChI is InChI=1S/C18H12ClNO4S/c19-15-5-11-18(12-6-15)25(23,24)17-9-3-14(4-10-17)13-1-7-16(8-2-13)20(21)22/h1-12H. The summed E-state index contributed by atoms with van der Waals surface area (Å²) in [5.41, 5.74) is 1.54. The van der Waals surface area contributed by atoms with Gasteiger partial charge in [0.15, 0.2) is 0 Å². The highest BCUT2D eigenvalue weighted by atomic mass is 35.5. The van der Waals surface area contributed by atoms with Crippen molar-refractivity contribution in [2.45, 2.75) is 9.79 Å². The molecule has 0 spiro atoms. The van der Waals surface area contributed by atoms with Crippen LogP contribution in [0.25, 0.3) is 11.1 Å². The first-order chi connectivity index (χ1) is 11.9. The molecule has 0 amide bonds. The average Bonchev–Trinajstić information content (AvgIpc) is 2.62. The highest BCUT2D eigenvalue weighted by Gasteiger charge is 2.17. The van der Waals surface area contributed by atoms with Gasteiger partial charge in [-0.2, -0.15) is 0 Å².